The fourth-order valence-electron chi connectivity index (χ4n) is 2.46. The molecule has 2 unspecified atom stereocenters. The summed E-state index contributed by atoms with van der Waals surface area (Å²) in [7, 11) is 1.63. The number of benzene rings is 1. The van der Waals surface area contributed by atoms with E-state index >= 15 is 0 Å². The SMILES string of the molecule is COc1c(C)ccc(NC(=O)C2(C)COCC2N)c1C. The first kappa shape index (κ1) is 14.8. The third-order valence-electron chi connectivity index (χ3n) is 4.09. The lowest BCUT2D eigenvalue weighted by Gasteiger charge is -2.26. The first-order valence-electron chi connectivity index (χ1n) is 6.69. The zero-order chi connectivity index (χ0) is 14.9. The van der Waals surface area contributed by atoms with Gasteiger partial charge in [-0.1, -0.05) is 6.07 Å². The molecule has 110 valence electrons. The van der Waals surface area contributed by atoms with Crippen molar-refractivity contribution in [1.29, 1.82) is 0 Å². The topological polar surface area (TPSA) is 73.6 Å². The van der Waals surface area contributed by atoms with E-state index in [0.29, 0.717) is 13.2 Å². The molecule has 20 heavy (non-hydrogen) atoms. The van der Waals surface area contributed by atoms with E-state index in [1.54, 1.807) is 7.11 Å². The molecule has 1 heterocycles. The Labute approximate surface area is 119 Å². The molecule has 0 saturated carbocycles. The number of methoxy groups -OCH3 is 1. The van der Waals surface area contributed by atoms with E-state index in [0.717, 1.165) is 22.6 Å². The minimum absolute atomic E-state index is 0.114. The van der Waals surface area contributed by atoms with Crippen molar-refractivity contribution in [2.24, 2.45) is 11.1 Å². The molecular weight excluding hydrogens is 256 g/mol. The van der Waals surface area contributed by atoms with Gasteiger partial charge in [-0.15, -0.1) is 0 Å². The number of nitrogens with one attached hydrogen (secondary N) is 1. The fraction of sp³-hybridized carbons (Fsp3) is 0.533. The molecular formula is C15H22N2O3. The van der Waals surface area contributed by atoms with Gasteiger partial charge in [-0.3, -0.25) is 4.79 Å². The van der Waals surface area contributed by atoms with Crippen LogP contribution in [0.1, 0.15) is 18.1 Å². The molecule has 1 fully saturated rings. The van der Waals surface area contributed by atoms with Crippen molar-refractivity contribution in [1.82, 2.24) is 0 Å². The van der Waals surface area contributed by atoms with Crippen molar-refractivity contribution in [3.05, 3.63) is 23.3 Å². The molecule has 2 atom stereocenters. The summed E-state index contributed by atoms with van der Waals surface area (Å²) in [5, 5.41) is 2.95. The summed E-state index contributed by atoms with van der Waals surface area (Å²) in [6.45, 7) is 6.50. The van der Waals surface area contributed by atoms with Gasteiger partial charge in [-0.25, -0.2) is 0 Å². The average Bonchev–Trinajstić information content (AvgIpc) is 2.75. The van der Waals surface area contributed by atoms with Crippen molar-refractivity contribution in [3.63, 3.8) is 0 Å². The molecule has 0 bridgehead atoms. The van der Waals surface area contributed by atoms with Crippen LogP contribution in [0.25, 0.3) is 0 Å². The molecule has 1 aliphatic heterocycles. The number of amides is 1. The molecule has 0 aromatic heterocycles. The number of anilines is 1. The van der Waals surface area contributed by atoms with E-state index in [1.165, 1.54) is 0 Å². The van der Waals surface area contributed by atoms with Crippen molar-refractivity contribution < 1.29 is 14.3 Å². The lowest BCUT2D eigenvalue weighted by molar-refractivity contribution is -0.125. The number of hydrogen-bond acceptors (Lipinski definition) is 4. The average molecular weight is 278 g/mol. The van der Waals surface area contributed by atoms with Gasteiger partial charge in [0.15, 0.2) is 0 Å². The quantitative estimate of drug-likeness (QED) is 0.881. The van der Waals surface area contributed by atoms with E-state index in [4.69, 9.17) is 15.2 Å². The van der Waals surface area contributed by atoms with Gasteiger partial charge in [0.1, 0.15) is 5.75 Å². The predicted molar refractivity (Wildman–Crippen MR) is 78.0 cm³/mol. The Morgan fingerprint density at radius 1 is 1.50 bits per heavy atom. The first-order chi connectivity index (χ1) is 9.40. The number of aryl methyl sites for hydroxylation is 1. The van der Waals surface area contributed by atoms with Crippen LogP contribution in [0.5, 0.6) is 5.75 Å². The summed E-state index contributed by atoms with van der Waals surface area (Å²) in [4.78, 5) is 12.5. The van der Waals surface area contributed by atoms with E-state index in [2.05, 4.69) is 5.32 Å². The number of carbonyl (C=O) groups excluding carboxylic acids is 1. The van der Waals surface area contributed by atoms with Gasteiger partial charge in [0, 0.05) is 17.3 Å². The van der Waals surface area contributed by atoms with Gasteiger partial charge >= 0.3 is 0 Å². The molecule has 1 aromatic carbocycles. The molecule has 5 nitrogen and oxygen atoms in total. The van der Waals surface area contributed by atoms with E-state index in [9.17, 15) is 4.79 Å². The van der Waals surface area contributed by atoms with Crippen molar-refractivity contribution in [3.8, 4) is 5.75 Å². The molecule has 1 amide bonds. The molecule has 2 rings (SSSR count). The molecule has 0 radical (unpaired) electrons. The van der Waals surface area contributed by atoms with Crippen LogP contribution in [0, 0.1) is 19.3 Å². The largest absolute Gasteiger partial charge is 0.496 e. The lowest BCUT2D eigenvalue weighted by Crippen LogP contribution is -2.47. The molecule has 1 aromatic rings. The number of ether oxygens (including phenoxy) is 2. The van der Waals surface area contributed by atoms with Crippen molar-refractivity contribution in [2.75, 3.05) is 25.6 Å². The standard InChI is InChI=1S/C15H22N2O3/c1-9-5-6-11(10(2)13(9)19-4)17-14(18)15(3)8-20-7-12(15)16/h5-6,12H,7-8,16H2,1-4H3,(H,17,18). The number of rotatable bonds is 3. The maximum atomic E-state index is 12.5. The normalized spacial score (nSPS) is 25.6. The lowest BCUT2D eigenvalue weighted by atomic mass is 9.84. The van der Waals surface area contributed by atoms with Gasteiger partial charge in [0.2, 0.25) is 5.91 Å². The maximum absolute atomic E-state index is 12.5. The molecule has 0 spiro atoms. The zero-order valence-electron chi connectivity index (χ0n) is 12.4. The molecule has 5 heteroatoms. The summed E-state index contributed by atoms with van der Waals surface area (Å²) < 4.78 is 10.7. The zero-order valence-corrected chi connectivity index (χ0v) is 12.4. The van der Waals surface area contributed by atoms with Gasteiger partial charge in [0.25, 0.3) is 0 Å². The summed E-state index contributed by atoms with van der Waals surface area (Å²) in [5.74, 6) is 0.677. The van der Waals surface area contributed by atoms with Crippen LogP contribution in [0.2, 0.25) is 0 Å². The van der Waals surface area contributed by atoms with Gasteiger partial charge < -0.3 is 20.5 Å². The Morgan fingerprint density at radius 3 is 2.75 bits per heavy atom. The maximum Gasteiger partial charge on any atom is 0.234 e. The highest BCUT2D eigenvalue weighted by Crippen LogP contribution is 2.32. The predicted octanol–water partition coefficient (Wildman–Crippen LogP) is 1.61. The Morgan fingerprint density at radius 2 is 2.20 bits per heavy atom. The van der Waals surface area contributed by atoms with Crippen molar-refractivity contribution >= 4 is 11.6 Å². The van der Waals surface area contributed by atoms with Crippen LogP contribution in [0.4, 0.5) is 5.69 Å². The summed E-state index contributed by atoms with van der Waals surface area (Å²) in [5.41, 5.74) is 7.98. The second-order valence-corrected chi connectivity index (χ2v) is 5.58. The van der Waals surface area contributed by atoms with Crippen molar-refractivity contribution in [2.45, 2.75) is 26.8 Å². The smallest absolute Gasteiger partial charge is 0.234 e. The third kappa shape index (κ3) is 2.39. The Hall–Kier alpha value is -1.59. The Kier molecular flexibility index (Phi) is 4.01. The van der Waals surface area contributed by atoms with Crippen LogP contribution in [-0.2, 0) is 9.53 Å². The van der Waals surface area contributed by atoms with E-state index in [-0.39, 0.29) is 11.9 Å². The van der Waals surface area contributed by atoms with Crippen LogP contribution in [-0.4, -0.2) is 32.3 Å². The van der Waals surface area contributed by atoms with E-state index < -0.39 is 5.41 Å². The molecule has 1 aliphatic rings. The Balaban J connectivity index is 2.25. The summed E-state index contributed by atoms with van der Waals surface area (Å²) in [6.07, 6.45) is 0. The molecule has 3 N–H and O–H groups in total. The van der Waals surface area contributed by atoms with Gasteiger partial charge in [-0.05, 0) is 32.4 Å². The van der Waals surface area contributed by atoms with Crippen LogP contribution >= 0.6 is 0 Å². The van der Waals surface area contributed by atoms with Gasteiger partial charge in [0.05, 0.1) is 25.7 Å². The fourth-order valence-corrected chi connectivity index (χ4v) is 2.46. The minimum Gasteiger partial charge on any atom is -0.496 e. The Bertz CT molecular complexity index is 530. The van der Waals surface area contributed by atoms with Crippen LogP contribution in [0.3, 0.4) is 0 Å². The first-order valence-corrected chi connectivity index (χ1v) is 6.69. The highest BCUT2D eigenvalue weighted by Gasteiger charge is 2.44. The second-order valence-electron chi connectivity index (χ2n) is 5.58. The van der Waals surface area contributed by atoms with E-state index in [1.807, 2.05) is 32.9 Å². The van der Waals surface area contributed by atoms with Crippen LogP contribution in [0.15, 0.2) is 12.1 Å². The highest BCUT2D eigenvalue weighted by atomic mass is 16.5. The molecule has 1 saturated heterocycles. The number of nitrogens with two attached hydrogens (primary N) is 1. The van der Waals surface area contributed by atoms with Gasteiger partial charge in [-0.2, -0.15) is 0 Å². The molecule has 0 aliphatic carbocycles. The highest BCUT2D eigenvalue weighted by molar-refractivity contribution is 5.97. The van der Waals surface area contributed by atoms with Crippen LogP contribution < -0.4 is 15.8 Å². The minimum atomic E-state index is -0.690. The monoisotopic (exact) mass is 278 g/mol. The summed E-state index contributed by atoms with van der Waals surface area (Å²) >= 11 is 0. The number of carbonyl (C=O) groups is 1. The number of hydrogen-bond donors (Lipinski definition) is 2. The summed E-state index contributed by atoms with van der Waals surface area (Å²) in [6, 6.07) is 3.53. The second kappa shape index (κ2) is 5.42. The third-order valence-corrected chi connectivity index (χ3v) is 4.09.